The number of hydrogen-bond acceptors (Lipinski definition) is 3. The zero-order chi connectivity index (χ0) is 11.1. The van der Waals surface area contributed by atoms with E-state index in [0.29, 0.717) is 0 Å². The molecule has 86 valence electrons. The lowest BCUT2D eigenvalue weighted by molar-refractivity contribution is -0.134. The van der Waals surface area contributed by atoms with E-state index in [1.165, 1.54) is 4.31 Å². The molecule has 0 amide bonds. The highest BCUT2D eigenvalue weighted by molar-refractivity contribution is 7.89. The van der Waals surface area contributed by atoms with Crippen LogP contribution >= 0.6 is 0 Å². The molecule has 2 aliphatic rings. The number of carboxylic acid groups (broad SMARTS) is 1. The van der Waals surface area contributed by atoms with E-state index in [1.54, 1.807) is 0 Å². The van der Waals surface area contributed by atoms with Crippen LogP contribution in [0.2, 0.25) is 0 Å². The SMILES string of the molecule is O=C(O)CS(=O)(=O)N1C2CCCC1CC2. The van der Waals surface area contributed by atoms with Gasteiger partial charge < -0.3 is 5.11 Å². The molecular weight excluding hydrogens is 218 g/mol. The Labute approximate surface area is 89.1 Å². The van der Waals surface area contributed by atoms with Gasteiger partial charge in [0.2, 0.25) is 10.0 Å². The van der Waals surface area contributed by atoms with Crippen molar-refractivity contribution in [2.75, 3.05) is 5.75 Å². The van der Waals surface area contributed by atoms with Gasteiger partial charge in [-0.2, -0.15) is 4.31 Å². The van der Waals surface area contributed by atoms with E-state index in [2.05, 4.69) is 0 Å². The van der Waals surface area contributed by atoms with Gasteiger partial charge in [0.25, 0.3) is 0 Å². The summed E-state index contributed by atoms with van der Waals surface area (Å²) in [6.45, 7) is 0. The molecule has 5 nitrogen and oxygen atoms in total. The lowest BCUT2D eigenvalue weighted by Gasteiger charge is -2.33. The monoisotopic (exact) mass is 233 g/mol. The lowest BCUT2D eigenvalue weighted by Crippen LogP contribution is -2.46. The maximum Gasteiger partial charge on any atom is 0.320 e. The van der Waals surface area contributed by atoms with E-state index >= 15 is 0 Å². The van der Waals surface area contributed by atoms with Crippen molar-refractivity contribution < 1.29 is 18.3 Å². The normalized spacial score (nSPS) is 31.7. The van der Waals surface area contributed by atoms with Crippen molar-refractivity contribution in [3.05, 3.63) is 0 Å². The number of fused-ring (bicyclic) bond motifs is 2. The van der Waals surface area contributed by atoms with Crippen LogP contribution < -0.4 is 0 Å². The summed E-state index contributed by atoms with van der Waals surface area (Å²) in [5.74, 6) is -2.03. The quantitative estimate of drug-likeness (QED) is 0.766. The Balaban J connectivity index is 2.20. The van der Waals surface area contributed by atoms with Gasteiger partial charge in [-0.15, -0.1) is 0 Å². The second-order valence-corrected chi connectivity index (χ2v) is 6.17. The van der Waals surface area contributed by atoms with Gasteiger partial charge in [0, 0.05) is 12.1 Å². The van der Waals surface area contributed by atoms with Crippen molar-refractivity contribution in [3.8, 4) is 0 Å². The number of rotatable bonds is 3. The van der Waals surface area contributed by atoms with E-state index in [4.69, 9.17) is 5.11 Å². The molecule has 2 saturated heterocycles. The van der Waals surface area contributed by atoms with Gasteiger partial charge in [0.15, 0.2) is 5.75 Å². The van der Waals surface area contributed by atoms with Crippen LogP contribution in [-0.2, 0) is 14.8 Å². The summed E-state index contributed by atoms with van der Waals surface area (Å²) in [6.07, 6.45) is 4.62. The third-order valence-corrected chi connectivity index (χ3v) is 5.11. The third-order valence-electron chi connectivity index (χ3n) is 3.25. The fraction of sp³-hybridized carbons (Fsp3) is 0.889. The van der Waals surface area contributed by atoms with Gasteiger partial charge in [0.1, 0.15) is 0 Å². The van der Waals surface area contributed by atoms with E-state index in [1.807, 2.05) is 0 Å². The highest BCUT2D eigenvalue weighted by Crippen LogP contribution is 2.37. The summed E-state index contributed by atoms with van der Waals surface area (Å²) in [5, 5.41) is 8.57. The molecule has 2 atom stereocenters. The number of carbonyl (C=O) groups is 1. The van der Waals surface area contributed by atoms with E-state index < -0.39 is 21.7 Å². The van der Waals surface area contributed by atoms with Gasteiger partial charge in [-0.05, 0) is 25.7 Å². The first-order valence-corrected chi connectivity index (χ1v) is 6.84. The smallest absolute Gasteiger partial charge is 0.320 e. The van der Waals surface area contributed by atoms with Crippen molar-refractivity contribution in [3.63, 3.8) is 0 Å². The highest BCUT2D eigenvalue weighted by atomic mass is 32.2. The molecule has 2 fully saturated rings. The van der Waals surface area contributed by atoms with Gasteiger partial charge in [-0.1, -0.05) is 6.42 Å². The van der Waals surface area contributed by atoms with Gasteiger partial charge in [-0.25, -0.2) is 8.42 Å². The number of carboxylic acids is 1. The molecule has 0 saturated carbocycles. The van der Waals surface area contributed by atoms with E-state index in [-0.39, 0.29) is 12.1 Å². The molecule has 0 aromatic carbocycles. The van der Waals surface area contributed by atoms with Crippen molar-refractivity contribution in [2.24, 2.45) is 0 Å². The molecule has 2 heterocycles. The van der Waals surface area contributed by atoms with Crippen LogP contribution in [0.4, 0.5) is 0 Å². The summed E-state index contributed by atoms with van der Waals surface area (Å²) in [7, 11) is -3.58. The maximum absolute atomic E-state index is 11.8. The summed E-state index contributed by atoms with van der Waals surface area (Å²) < 4.78 is 25.1. The molecule has 0 aromatic rings. The first kappa shape index (κ1) is 10.9. The molecule has 0 aliphatic carbocycles. The van der Waals surface area contributed by atoms with Gasteiger partial charge in [0.05, 0.1) is 0 Å². The van der Waals surface area contributed by atoms with Crippen LogP contribution in [0.5, 0.6) is 0 Å². The molecule has 0 radical (unpaired) electrons. The number of hydrogen-bond donors (Lipinski definition) is 1. The molecule has 2 aliphatic heterocycles. The van der Waals surface area contributed by atoms with Gasteiger partial charge in [-0.3, -0.25) is 4.79 Å². The van der Waals surface area contributed by atoms with Crippen LogP contribution in [-0.4, -0.2) is 41.6 Å². The summed E-state index contributed by atoms with van der Waals surface area (Å²) in [5.41, 5.74) is 0. The second kappa shape index (κ2) is 3.75. The molecule has 6 heteroatoms. The molecular formula is C9H15NO4S. The predicted octanol–water partition coefficient (Wildman–Crippen LogP) is 0.418. The average molecular weight is 233 g/mol. The van der Waals surface area contributed by atoms with Gasteiger partial charge >= 0.3 is 5.97 Å². The fourth-order valence-electron chi connectivity index (χ4n) is 2.75. The maximum atomic E-state index is 11.8. The Hall–Kier alpha value is -0.620. The van der Waals surface area contributed by atoms with E-state index in [9.17, 15) is 13.2 Å². The van der Waals surface area contributed by atoms with Crippen molar-refractivity contribution in [1.29, 1.82) is 0 Å². The Kier molecular flexibility index (Phi) is 2.72. The minimum atomic E-state index is -3.58. The zero-order valence-corrected chi connectivity index (χ0v) is 9.24. The molecule has 15 heavy (non-hydrogen) atoms. The highest BCUT2D eigenvalue weighted by Gasteiger charge is 2.44. The number of piperidine rings is 1. The van der Waals surface area contributed by atoms with Crippen molar-refractivity contribution in [1.82, 2.24) is 4.31 Å². The number of nitrogens with zero attached hydrogens (tertiary/aromatic N) is 1. The van der Waals surface area contributed by atoms with E-state index in [0.717, 1.165) is 32.1 Å². The Bertz CT molecular complexity index is 348. The van der Waals surface area contributed by atoms with Crippen molar-refractivity contribution in [2.45, 2.75) is 44.2 Å². The number of sulfonamides is 1. The predicted molar refractivity (Wildman–Crippen MR) is 53.9 cm³/mol. The lowest BCUT2D eigenvalue weighted by atomic mass is 10.1. The summed E-state index contributed by atoms with van der Waals surface area (Å²) in [4.78, 5) is 10.5. The average Bonchev–Trinajstić information content (AvgIpc) is 2.37. The van der Waals surface area contributed by atoms with Crippen LogP contribution in [0.15, 0.2) is 0 Å². The zero-order valence-electron chi connectivity index (χ0n) is 8.42. The van der Waals surface area contributed by atoms with Crippen LogP contribution in [0.25, 0.3) is 0 Å². The molecule has 1 N–H and O–H groups in total. The van der Waals surface area contributed by atoms with Crippen molar-refractivity contribution >= 4 is 16.0 Å². The van der Waals surface area contributed by atoms with Crippen LogP contribution in [0.1, 0.15) is 32.1 Å². The third kappa shape index (κ3) is 2.01. The molecule has 2 bridgehead atoms. The van der Waals surface area contributed by atoms with Crippen LogP contribution in [0.3, 0.4) is 0 Å². The molecule has 0 spiro atoms. The second-order valence-electron chi connectivity index (χ2n) is 4.30. The Morgan fingerprint density at radius 3 is 2.20 bits per heavy atom. The first-order valence-electron chi connectivity index (χ1n) is 5.24. The topological polar surface area (TPSA) is 74.7 Å². The first-order chi connectivity index (χ1) is 7.00. The molecule has 2 rings (SSSR count). The Morgan fingerprint density at radius 1 is 1.20 bits per heavy atom. The Morgan fingerprint density at radius 2 is 1.73 bits per heavy atom. The standard InChI is InChI=1S/C9H15NO4S/c11-9(12)6-15(13,14)10-7-2-1-3-8(10)5-4-7/h7-8H,1-6H2,(H,11,12). The minimum absolute atomic E-state index is 0.0631. The minimum Gasteiger partial charge on any atom is -0.480 e. The largest absolute Gasteiger partial charge is 0.480 e. The summed E-state index contributed by atoms with van der Waals surface area (Å²) >= 11 is 0. The fourth-order valence-corrected chi connectivity index (χ4v) is 4.55. The summed E-state index contributed by atoms with van der Waals surface area (Å²) in [6, 6.07) is 0.126. The molecule has 2 unspecified atom stereocenters. The molecule has 0 aromatic heterocycles. The van der Waals surface area contributed by atoms with Crippen LogP contribution in [0, 0.1) is 0 Å². The number of aliphatic carboxylic acids is 1.